The number of sulfonamides is 1. The zero-order chi connectivity index (χ0) is 25.3. The van der Waals surface area contributed by atoms with Crippen LogP contribution in [0.5, 0.6) is 0 Å². The lowest BCUT2D eigenvalue weighted by Gasteiger charge is -2.27. The largest absolute Gasteiger partial charge is 0.267 e. The fraction of sp³-hybridized carbons (Fsp3) is 0.455. The highest BCUT2D eigenvalue weighted by Gasteiger charge is 2.37. The summed E-state index contributed by atoms with van der Waals surface area (Å²) in [5.41, 5.74) is 1.56. The van der Waals surface area contributed by atoms with Gasteiger partial charge in [0.1, 0.15) is 0 Å². The number of benzene rings is 2. The van der Waals surface area contributed by atoms with Crippen LogP contribution in [0.15, 0.2) is 34.1 Å². The Morgan fingerprint density at radius 2 is 1.32 bits per heavy atom. The summed E-state index contributed by atoms with van der Waals surface area (Å²) in [6.45, 7) is 1.79. The van der Waals surface area contributed by atoms with Crippen molar-refractivity contribution in [3.63, 3.8) is 0 Å². The van der Waals surface area contributed by atoms with E-state index in [1.165, 1.54) is 19.3 Å². The van der Waals surface area contributed by atoms with Crippen molar-refractivity contribution >= 4 is 29.8 Å². The van der Waals surface area contributed by atoms with E-state index >= 15 is 0 Å². The van der Waals surface area contributed by atoms with Gasteiger partial charge in [0.05, 0.1) is 0 Å². The molecule has 1 aliphatic carbocycles. The first kappa shape index (κ1) is 26.9. The predicted octanol–water partition coefficient (Wildman–Crippen LogP) is 5.72. The second-order valence-corrected chi connectivity index (χ2v) is 12.7. The summed E-state index contributed by atoms with van der Waals surface area (Å²) in [6.07, 6.45) is 6.91. The molecule has 1 saturated carbocycles. The molecule has 0 saturated heterocycles. The van der Waals surface area contributed by atoms with Crippen LogP contribution in [0.4, 0.5) is 17.6 Å². The highest BCUT2D eigenvalue weighted by Crippen LogP contribution is 2.36. The molecule has 0 spiro atoms. The molecule has 2 aromatic carbocycles. The monoisotopic (exact) mass is 541 g/mol. The van der Waals surface area contributed by atoms with Gasteiger partial charge in [0.15, 0.2) is 33.1 Å². The topological polar surface area (TPSA) is 80.3 Å². The molecule has 1 N–H and O–H groups in total. The summed E-state index contributed by atoms with van der Waals surface area (Å²) in [7, 11) is -5.51. The maximum Gasteiger partial charge on any atom is 0.267 e. The third-order valence-corrected chi connectivity index (χ3v) is 8.91. The molecule has 0 aromatic heterocycles. The number of nitrogens with one attached hydrogen (secondary N) is 1. The minimum Gasteiger partial charge on any atom is -0.207 e. The zero-order valence-corrected chi connectivity index (χ0v) is 20.6. The molecule has 188 valence electrons. The lowest BCUT2D eigenvalue weighted by Crippen LogP contribution is -2.27. The average molecular weight is 542 g/mol. The first-order chi connectivity index (χ1) is 15.8. The minimum absolute atomic E-state index is 0.372. The molecule has 0 radical (unpaired) electrons. The first-order valence-electron chi connectivity index (χ1n) is 10.7. The maximum absolute atomic E-state index is 14.3. The summed E-state index contributed by atoms with van der Waals surface area (Å²) in [4.78, 5) is -4.06. The second-order valence-electron chi connectivity index (χ2n) is 8.49. The molecule has 12 heteroatoms. The van der Waals surface area contributed by atoms with Crippen molar-refractivity contribution in [2.45, 2.75) is 67.7 Å². The summed E-state index contributed by atoms with van der Waals surface area (Å²) in [5, 5.41) is 0. The van der Waals surface area contributed by atoms with Crippen LogP contribution in [-0.4, -0.2) is 16.8 Å². The Kier molecular flexibility index (Phi) is 8.32. The lowest BCUT2D eigenvalue weighted by atomic mass is 9.78. The van der Waals surface area contributed by atoms with Gasteiger partial charge in [-0.15, -0.1) is 0 Å². The van der Waals surface area contributed by atoms with Gasteiger partial charge < -0.3 is 0 Å². The van der Waals surface area contributed by atoms with Crippen molar-refractivity contribution in [2.24, 2.45) is 5.92 Å². The van der Waals surface area contributed by atoms with E-state index in [2.05, 4.69) is 6.92 Å². The summed E-state index contributed by atoms with van der Waals surface area (Å²) in [5.74, 6) is -8.76. The maximum atomic E-state index is 14.3. The minimum atomic E-state index is -5.22. The van der Waals surface area contributed by atoms with E-state index in [9.17, 15) is 34.4 Å². The van der Waals surface area contributed by atoms with Crippen molar-refractivity contribution in [2.75, 3.05) is 0 Å². The van der Waals surface area contributed by atoms with Crippen LogP contribution in [0.3, 0.4) is 0 Å². The molecule has 1 aliphatic rings. The molecule has 2 unspecified atom stereocenters. The molecule has 0 heterocycles. The van der Waals surface area contributed by atoms with Crippen LogP contribution < -0.4 is 4.72 Å². The van der Waals surface area contributed by atoms with Crippen LogP contribution in [0.1, 0.15) is 62.5 Å². The van der Waals surface area contributed by atoms with Gasteiger partial charge in [-0.2, -0.15) is 0 Å². The third kappa shape index (κ3) is 5.75. The standard InChI is InChI=1S/C22H24ClF4NO4S2/c1-13-6-4-2-3-5-7-16(13)15-10-8-14(9-11-15)12-28-34(31,32)22-19(26)17(24)21(33(23,29)30)18(25)20(22)27/h8-11,13,16,28H,2-7,12H2,1H3. The van der Waals surface area contributed by atoms with E-state index in [1.807, 2.05) is 16.9 Å². The van der Waals surface area contributed by atoms with Gasteiger partial charge in [-0.3, -0.25) is 0 Å². The van der Waals surface area contributed by atoms with E-state index in [0.29, 0.717) is 17.4 Å². The Labute approximate surface area is 201 Å². The second kappa shape index (κ2) is 10.5. The summed E-state index contributed by atoms with van der Waals surface area (Å²) in [6, 6.07) is 7.07. The van der Waals surface area contributed by atoms with E-state index in [1.54, 1.807) is 12.1 Å². The Hall–Kier alpha value is -1.69. The molecule has 2 aromatic rings. The molecule has 0 bridgehead atoms. The van der Waals surface area contributed by atoms with Gasteiger partial charge in [0, 0.05) is 17.2 Å². The Morgan fingerprint density at radius 1 is 0.824 bits per heavy atom. The Morgan fingerprint density at radius 3 is 1.85 bits per heavy atom. The number of halogens is 5. The van der Waals surface area contributed by atoms with Crippen LogP contribution in [0.25, 0.3) is 0 Å². The Bertz CT molecular complexity index is 1240. The molecule has 0 amide bonds. The molecule has 2 atom stereocenters. The number of hydrogen-bond acceptors (Lipinski definition) is 4. The smallest absolute Gasteiger partial charge is 0.207 e. The predicted molar refractivity (Wildman–Crippen MR) is 119 cm³/mol. The van der Waals surface area contributed by atoms with Crippen LogP contribution in [0.2, 0.25) is 0 Å². The highest BCUT2D eigenvalue weighted by molar-refractivity contribution is 8.13. The molecule has 1 fully saturated rings. The normalized spacial score (nSPS) is 20.1. The Balaban J connectivity index is 1.82. The van der Waals surface area contributed by atoms with Gasteiger partial charge >= 0.3 is 0 Å². The van der Waals surface area contributed by atoms with Gasteiger partial charge in [-0.1, -0.05) is 63.3 Å². The van der Waals surface area contributed by atoms with E-state index in [-0.39, 0.29) is 0 Å². The molecule has 34 heavy (non-hydrogen) atoms. The van der Waals surface area contributed by atoms with Gasteiger partial charge in [0.25, 0.3) is 9.05 Å². The molecular weight excluding hydrogens is 518 g/mol. The van der Waals surface area contributed by atoms with Gasteiger partial charge in [-0.25, -0.2) is 39.1 Å². The quantitative estimate of drug-likeness (QED) is 0.288. The summed E-state index contributed by atoms with van der Waals surface area (Å²) >= 11 is 0. The van der Waals surface area contributed by atoms with Gasteiger partial charge in [-0.05, 0) is 29.4 Å². The molecule has 3 rings (SSSR count). The SMILES string of the molecule is CC1CCCCCCC1c1ccc(CNS(=O)(=O)c2c(F)c(F)c(S(=O)(=O)Cl)c(F)c2F)cc1. The van der Waals surface area contributed by atoms with Crippen molar-refractivity contribution in [1.82, 2.24) is 4.72 Å². The van der Waals surface area contributed by atoms with Crippen molar-refractivity contribution in [3.8, 4) is 0 Å². The molecule has 5 nitrogen and oxygen atoms in total. The lowest BCUT2D eigenvalue weighted by molar-refractivity contribution is 0.353. The average Bonchev–Trinajstić information content (AvgIpc) is 2.73. The fourth-order valence-electron chi connectivity index (χ4n) is 4.34. The van der Waals surface area contributed by atoms with Crippen LogP contribution in [-0.2, 0) is 25.6 Å². The van der Waals surface area contributed by atoms with E-state index < -0.39 is 58.7 Å². The van der Waals surface area contributed by atoms with Crippen molar-refractivity contribution in [3.05, 3.63) is 58.7 Å². The van der Waals surface area contributed by atoms with Crippen LogP contribution in [0, 0.1) is 29.2 Å². The molecule has 0 aliphatic heterocycles. The zero-order valence-electron chi connectivity index (χ0n) is 18.3. The van der Waals surface area contributed by atoms with Gasteiger partial charge in [0.2, 0.25) is 10.0 Å². The van der Waals surface area contributed by atoms with E-state index in [0.717, 1.165) is 24.8 Å². The fourth-order valence-corrected chi connectivity index (χ4v) is 6.51. The molecular formula is C22H24ClF4NO4S2. The van der Waals surface area contributed by atoms with Crippen molar-refractivity contribution < 1.29 is 34.4 Å². The third-order valence-electron chi connectivity index (χ3n) is 6.18. The summed E-state index contributed by atoms with van der Waals surface area (Å²) < 4.78 is 106. The highest BCUT2D eigenvalue weighted by atomic mass is 35.7. The van der Waals surface area contributed by atoms with Crippen LogP contribution >= 0.6 is 10.7 Å². The number of rotatable bonds is 6. The van der Waals surface area contributed by atoms with E-state index in [4.69, 9.17) is 10.7 Å². The van der Waals surface area contributed by atoms with Crippen molar-refractivity contribution in [1.29, 1.82) is 0 Å². The number of hydrogen-bond donors (Lipinski definition) is 1. The first-order valence-corrected chi connectivity index (χ1v) is 14.5.